The lowest BCUT2D eigenvalue weighted by atomic mass is 10.1. The third-order valence-electron chi connectivity index (χ3n) is 4.87. The largest absolute Gasteiger partial charge is 0.312 e. The van der Waals surface area contributed by atoms with Crippen molar-refractivity contribution in [3.8, 4) is 0 Å². The first-order valence-electron chi connectivity index (χ1n) is 8.33. The molecular formula is C16H35N3. The van der Waals surface area contributed by atoms with E-state index in [2.05, 4.69) is 49.7 Å². The van der Waals surface area contributed by atoms with E-state index in [1.807, 2.05) is 0 Å². The zero-order valence-electron chi connectivity index (χ0n) is 13.8. The summed E-state index contributed by atoms with van der Waals surface area (Å²) in [6, 6.07) is 2.11. The maximum absolute atomic E-state index is 3.71. The summed E-state index contributed by atoms with van der Waals surface area (Å²) in [6.45, 7) is 17.6. The predicted octanol–water partition coefficient (Wildman–Crippen LogP) is 2.57. The molecule has 0 radical (unpaired) electrons. The van der Waals surface area contributed by atoms with Crippen molar-refractivity contribution in [3.63, 3.8) is 0 Å². The molecular weight excluding hydrogens is 234 g/mol. The lowest BCUT2D eigenvalue weighted by molar-refractivity contribution is 0.0762. The van der Waals surface area contributed by atoms with Gasteiger partial charge in [0, 0.05) is 50.8 Å². The number of nitrogens with one attached hydrogen (secondary N) is 1. The molecule has 0 aromatic rings. The minimum atomic E-state index is 0.666. The van der Waals surface area contributed by atoms with Crippen LogP contribution in [0.15, 0.2) is 0 Å². The van der Waals surface area contributed by atoms with Gasteiger partial charge in [-0.1, -0.05) is 20.8 Å². The van der Waals surface area contributed by atoms with Crippen LogP contribution in [0.3, 0.4) is 0 Å². The van der Waals surface area contributed by atoms with E-state index >= 15 is 0 Å². The molecule has 1 aliphatic heterocycles. The molecule has 0 aromatic carbocycles. The molecule has 0 bridgehead atoms. The summed E-state index contributed by atoms with van der Waals surface area (Å²) < 4.78 is 0. The minimum absolute atomic E-state index is 0.666. The number of rotatable bonds is 8. The van der Waals surface area contributed by atoms with Gasteiger partial charge < -0.3 is 5.32 Å². The number of nitrogens with zero attached hydrogens (tertiary/aromatic N) is 2. The molecule has 2 atom stereocenters. The monoisotopic (exact) mass is 269 g/mol. The summed E-state index contributed by atoms with van der Waals surface area (Å²) in [6.07, 6.45) is 3.75. The molecule has 1 saturated heterocycles. The Balaban J connectivity index is 2.26. The molecule has 1 aliphatic rings. The van der Waals surface area contributed by atoms with Crippen molar-refractivity contribution in [1.29, 1.82) is 0 Å². The van der Waals surface area contributed by atoms with Gasteiger partial charge in [0.15, 0.2) is 0 Å². The lowest BCUT2D eigenvalue weighted by Gasteiger charge is -2.40. The second-order valence-electron chi connectivity index (χ2n) is 6.10. The molecule has 0 amide bonds. The Hall–Kier alpha value is -0.120. The van der Waals surface area contributed by atoms with Gasteiger partial charge in [0.05, 0.1) is 0 Å². The summed E-state index contributed by atoms with van der Waals surface area (Å²) in [7, 11) is 0. The van der Waals surface area contributed by atoms with Crippen molar-refractivity contribution < 1.29 is 0 Å². The Morgan fingerprint density at radius 3 is 1.68 bits per heavy atom. The Morgan fingerprint density at radius 2 is 1.26 bits per heavy atom. The molecule has 3 heteroatoms. The highest BCUT2D eigenvalue weighted by Crippen LogP contribution is 2.11. The van der Waals surface area contributed by atoms with Crippen molar-refractivity contribution in [3.05, 3.63) is 0 Å². The van der Waals surface area contributed by atoms with Crippen molar-refractivity contribution in [2.75, 3.05) is 32.7 Å². The lowest BCUT2D eigenvalue weighted by Crippen LogP contribution is -2.54. The molecule has 0 aliphatic carbocycles. The first-order chi connectivity index (χ1) is 9.12. The second-order valence-corrected chi connectivity index (χ2v) is 6.10. The fourth-order valence-electron chi connectivity index (χ4n) is 2.92. The van der Waals surface area contributed by atoms with Crippen molar-refractivity contribution in [2.45, 2.75) is 72.0 Å². The van der Waals surface area contributed by atoms with Gasteiger partial charge >= 0.3 is 0 Å². The average Bonchev–Trinajstić information content (AvgIpc) is 2.47. The Morgan fingerprint density at radius 1 is 0.789 bits per heavy atom. The third-order valence-corrected chi connectivity index (χ3v) is 4.87. The maximum atomic E-state index is 3.71. The molecule has 1 heterocycles. The van der Waals surface area contributed by atoms with Crippen molar-refractivity contribution in [2.24, 2.45) is 0 Å². The molecule has 114 valence electrons. The summed E-state index contributed by atoms with van der Waals surface area (Å²) in [5, 5.41) is 3.71. The van der Waals surface area contributed by atoms with Gasteiger partial charge in [0.1, 0.15) is 0 Å². The van der Waals surface area contributed by atoms with Crippen molar-refractivity contribution in [1.82, 2.24) is 15.1 Å². The molecule has 19 heavy (non-hydrogen) atoms. The van der Waals surface area contributed by atoms with E-state index in [0.717, 1.165) is 12.6 Å². The van der Waals surface area contributed by atoms with Gasteiger partial charge in [-0.05, 0) is 33.1 Å². The maximum Gasteiger partial charge on any atom is 0.0193 e. The zero-order valence-corrected chi connectivity index (χ0v) is 13.8. The highest BCUT2D eigenvalue weighted by Gasteiger charge is 2.23. The molecule has 2 unspecified atom stereocenters. The second kappa shape index (κ2) is 8.93. The molecule has 0 spiro atoms. The highest BCUT2D eigenvalue weighted by molar-refractivity contribution is 4.80. The Kier molecular flexibility index (Phi) is 7.96. The van der Waals surface area contributed by atoms with Crippen LogP contribution in [0.2, 0.25) is 0 Å². The Bertz CT molecular complexity index is 220. The van der Waals surface area contributed by atoms with E-state index < -0.39 is 0 Å². The SMILES string of the molecule is CCC(CC)NCC(C)N1CCN(C(C)CC)CC1. The van der Waals surface area contributed by atoms with Crippen LogP contribution in [0.1, 0.15) is 53.9 Å². The normalized spacial score (nSPS) is 21.8. The van der Waals surface area contributed by atoms with Crippen LogP contribution in [0.4, 0.5) is 0 Å². The quantitative estimate of drug-likeness (QED) is 0.730. The van der Waals surface area contributed by atoms with Gasteiger partial charge in [-0.2, -0.15) is 0 Å². The first-order valence-corrected chi connectivity index (χ1v) is 8.33. The molecule has 0 saturated carbocycles. The smallest absolute Gasteiger partial charge is 0.0193 e. The van der Waals surface area contributed by atoms with Crippen LogP contribution >= 0.6 is 0 Å². The minimum Gasteiger partial charge on any atom is -0.312 e. The fourth-order valence-corrected chi connectivity index (χ4v) is 2.92. The zero-order chi connectivity index (χ0) is 14.3. The van der Waals surface area contributed by atoms with E-state index in [4.69, 9.17) is 0 Å². The average molecular weight is 269 g/mol. The van der Waals surface area contributed by atoms with Crippen LogP contribution in [0.5, 0.6) is 0 Å². The van der Waals surface area contributed by atoms with Crippen LogP contribution < -0.4 is 5.32 Å². The standard InChI is InChI=1S/C16H35N3/c1-6-14(4)18-9-11-19(12-10-18)15(5)13-17-16(7-2)8-3/h14-17H,6-13H2,1-5H3. The number of hydrogen-bond donors (Lipinski definition) is 1. The molecule has 0 aromatic heterocycles. The number of piperazine rings is 1. The van der Waals surface area contributed by atoms with E-state index in [1.54, 1.807) is 0 Å². The summed E-state index contributed by atoms with van der Waals surface area (Å²) in [4.78, 5) is 5.28. The van der Waals surface area contributed by atoms with Crippen molar-refractivity contribution >= 4 is 0 Å². The Labute approximate surface area is 120 Å². The topological polar surface area (TPSA) is 18.5 Å². The van der Waals surface area contributed by atoms with Gasteiger partial charge in [-0.3, -0.25) is 9.80 Å². The highest BCUT2D eigenvalue weighted by atomic mass is 15.3. The fraction of sp³-hybridized carbons (Fsp3) is 1.00. The third kappa shape index (κ3) is 5.41. The number of hydrogen-bond acceptors (Lipinski definition) is 3. The van der Waals surface area contributed by atoms with Crippen LogP contribution in [-0.4, -0.2) is 60.6 Å². The molecule has 1 rings (SSSR count). The van der Waals surface area contributed by atoms with E-state index in [1.165, 1.54) is 45.4 Å². The summed E-state index contributed by atoms with van der Waals surface area (Å²) >= 11 is 0. The molecule has 1 fully saturated rings. The van der Waals surface area contributed by atoms with Gasteiger partial charge in [-0.15, -0.1) is 0 Å². The van der Waals surface area contributed by atoms with Gasteiger partial charge in [0.25, 0.3) is 0 Å². The van der Waals surface area contributed by atoms with Crippen LogP contribution in [-0.2, 0) is 0 Å². The predicted molar refractivity (Wildman–Crippen MR) is 84.7 cm³/mol. The molecule has 3 nitrogen and oxygen atoms in total. The van der Waals surface area contributed by atoms with E-state index in [-0.39, 0.29) is 0 Å². The summed E-state index contributed by atoms with van der Waals surface area (Å²) in [5.41, 5.74) is 0. The first kappa shape index (κ1) is 16.9. The van der Waals surface area contributed by atoms with Crippen LogP contribution in [0.25, 0.3) is 0 Å². The molecule has 1 N–H and O–H groups in total. The van der Waals surface area contributed by atoms with Gasteiger partial charge in [0.2, 0.25) is 0 Å². The van der Waals surface area contributed by atoms with Gasteiger partial charge in [-0.25, -0.2) is 0 Å². The van der Waals surface area contributed by atoms with E-state index in [9.17, 15) is 0 Å². The van der Waals surface area contributed by atoms with Crippen LogP contribution in [0, 0.1) is 0 Å². The van der Waals surface area contributed by atoms with E-state index in [0.29, 0.717) is 12.1 Å². The summed E-state index contributed by atoms with van der Waals surface area (Å²) in [5.74, 6) is 0.